The van der Waals surface area contributed by atoms with Crippen LogP contribution in [0.2, 0.25) is 5.02 Å². The van der Waals surface area contributed by atoms with Crippen LogP contribution < -0.4 is 24.6 Å². The van der Waals surface area contributed by atoms with Gasteiger partial charge in [0.05, 0.1) is 30.8 Å². The van der Waals surface area contributed by atoms with Gasteiger partial charge < -0.3 is 25.2 Å². The van der Waals surface area contributed by atoms with Gasteiger partial charge in [-0.05, 0) is 57.0 Å². The minimum Gasteiger partial charge on any atom is -0.479 e. The molecule has 262 valence electrons. The molecule has 14 nitrogen and oxygen atoms in total. The van der Waals surface area contributed by atoms with Crippen LogP contribution >= 0.6 is 11.6 Å². The fourth-order valence-corrected chi connectivity index (χ4v) is 7.76. The van der Waals surface area contributed by atoms with Crippen molar-refractivity contribution in [3.05, 3.63) is 47.4 Å². The zero-order chi connectivity index (χ0) is 34.7. The van der Waals surface area contributed by atoms with Gasteiger partial charge in [-0.2, -0.15) is 9.97 Å². The molecule has 0 spiro atoms. The summed E-state index contributed by atoms with van der Waals surface area (Å²) < 4.78 is 32.7. The largest absolute Gasteiger partial charge is 0.479 e. The number of aryl methyl sites for hydroxylation is 1. The van der Waals surface area contributed by atoms with Crippen LogP contribution in [0.25, 0.3) is 11.0 Å². The van der Waals surface area contributed by atoms with Crippen LogP contribution in [0.1, 0.15) is 32.3 Å². The lowest BCUT2D eigenvalue weighted by atomic mass is 10.0. The van der Waals surface area contributed by atoms with Crippen LogP contribution in [0.3, 0.4) is 0 Å². The molecule has 2 saturated heterocycles. The second-order valence-electron chi connectivity index (χ2n) is 12.4. The number of nitrogens with one attached hydrogen (secondary N) is 2. The van der Waals surface area contributed by atoms with Crippen molar-refractivity contribution < 1.29 is 13.2 Å². The van der Waals surface area contributed by atoms with Crippen LogP contribution in [-0.2, 0) is 16.4 Å². The Bertz CT molecular complexity index is 1900. The highest BCUT2D eigenvalue weighted by Crippen LogP contribution is 2.38. The highest BCUT2D eigenvalue weighted by Gasteiger charge is 2.29. The highest BCUT2D eigenvalue weighted by molar-refractivity contribution is 7.92. The van der Waals surface area contributed by atoms with Crippen molar-refractivity contribution in [1.82, 2.24) is 34.7 Å². The number of likely N-dealkylation sites (N-methyl/N-ethyl adjacent to an activating group) is 1. The predicted octanol–water partition coefficient (Wildman–Crippen LogP) is 4.53. The van der Waals surface area contributed by atoms with E-state index in [9.17, 15) is 8.42 Å². The first-order valence-corrected chi connectivity index (χ1v) is 18.9. The molecule has 0 aliphatic carbocycles. The molecule has 4 aromatic rings. The molecule has 0 amide bonds. The van der Waals surface area contributed by atoms with Gasteiger partial charge in [0.2, 0.25) is 21.9 Å². The zero-order valence-corrected chi connectivity index (χ0v) is 30.2. The third kappa shape index (κ3) is 7.59. The maximum atomic E-state index is 12.8. The van der Waals surface area contributed by atoms with E-state index in [1.165, 1.54) is 16.7 Å². The highest BCUT2D eigenvalue weighted by atomic mass is 35.5. The molecule has 2 aliphatic heterocycles. The maximum absolute atomic E-state index is 12.8. The standard InChI is InChI=1S/C33H44ClN11O3S/c1-6-22-20-27(32(48-4)41-31(22)44-14-10-23(11-15-44)43-18-16-42(3)17-19-43)39-33-37-21-24(34)30(40-33)38-26-9-8-25-28(36-13-12-35-25)29(26)45(7-2)49(5,46)47/h8-9,12-13,20-21,23H,6-7,10-11,14-19H2,1-5H3,(H2,37,38,39,40). The molecule has 0 unspecified atom stereocenters. The van der Waals surface area contributed by atoms with E-state index in [0.29, 0.717) is 40.0 Å². The molecule has 6 rings (SSSR count). The number of aromatic nitrogens is 5. The molecule has 0 radical (unpaired) electrons. The van der Waals surface area contributed by atoms with E-state index in [4.69, 9.17) is 21.3 Å². The Hall–Kier alpha value is -4.05. The number of methoxy groups -OCH3 is 1. The van der Waals surface area contributed by atoms with Crippen molar-refractivity contribution in [2.24, 2.45) is 0 Å². The molecule has 2 N–H and O–H groups in total. The molecule has 0 saturated carbocycles. The number of hydrogen-bond donors (Lipinski definition) is 2. The molecule has 2 fully saturated rings. The molecule has 0 bridgehead atoms. The van der Waals surface area contributed by atoms with Crippen molar-refractivity contribution in [3.63, 3.8) is 0 Å². The Labute approximate surface area is 292 Å². The van der Waals surface area contributed by atoms with Gasteiger partial charge in [0.25, 0.3) is 0 Å². The number of anilines is 6. The van der Waals surface area contributed by atoms with Crippen LogP contribution in [0.5, 0.6) is 5.88 Å². The summed E-state index contributed by atoms with van der Waals surface area (Å²) in [6, 6.07) is 6.15. The third-order valence-corrected chi connectivity index (χ3v) is 10.7. The van der Waals surface area contributed by atoms with Gasteiger partial charge in [-0.15, -0.1) is 0 Å². The Morgan fingerprint density at radius 1 is 0.980 bits per heavy atom. The number of halogens is 1. The van der Waals surface area contributed by atoms with E-state index in [2.05, 4.69) is 59.2 Å². The normalized spacial score (nSPS) is 16.6. The molecule has 16 heteroatoms. The molecule has 3 aromatic heterocycles. The van der Waals surface area contributed by atoms with E-state index < -0.39 is 10.0 Å². The van der Waals surface area contributed by atoms with E-state index in [-0.39, 0.29) is 23.3 Å². The first kappa shape index (κ1) is 34.8. The molecule has 1 aromatic carbocycles. The monoisotopic (exact) mass is 709 g/mol. The number of nitrogens with zero attached hydrogens (tertiary/aromatic N) is 9. The van der Waals surface area contributed by atoms with Gasteiger partial charge >= 0.3 is 0 Å². The summed E-state index contributed by atoms with van der Waals surface area (Å²) in [4.78, 5) is 30.3. The summed E-state index contributed by atoms with van der Waals surface area (Å²) in [5.74, 6) is 1.91. The maximum Gasteiger partial charge on any atom is 0.239 e. The molecule has 49 heavy (non-hydrogen) atoms. The lowest BCUT2D eigenvalue weighted by molar-refractivity contribution is 0.0981. The minimum atomic E-state index is -3.65. The Balaban J connectivity index is 1.25. The molecule has 5 heterocycles. The van der Waals surface area contributed by atoms with Crippen LogP contribution in [0, 0.1) is 0 Å². The van der Waals surface area contributed by atoms with Crippen LogP contribution in [0.4, 0.5) is 34.6 Å². The van der Waals surface area contributed by atoms with Crippen LogP contribution in [-0.4, -0.2) is 115 Å². The summed E-state index contributed by atoms with van der Waals surface area (Å²) in [5, 5.41) is 6.74. The number of fused-ring (bicyclic) bond motifs is 1. The van der Waals surface area contributed by atoms with E-state index in [0.717, 1.165) is 76.2 Å². The van der Waals surface area contributed by atoms with Crippen molar-refractivity contribution >= 4 is 67.3 Å². The number of hydrogen-bond acceptors (Lipinski definition) is 13. The number of piperidine rings is 1. The van der Waals surface area contributed by atoms with Gasteiger partial charge in [0, 0.05) is 64.2 Å². The minimum absolute atomic E-state index is 0.185. The average molecular weight is 710 g/mol. The van der Waals surface area contributed by atoms with Crippen molar-refractivity contribution in [1.29, 1.82) is 0 Å². The second-order valence-corrected chi connectivity index (χ2v) is 14.7. The average Bonchev–Trinajstić information content (AvgIpc) is 3.10. The van der Waals surface area contributed by atoms with Gasteiger partial charge in [-0.1, -0.05) is 18.5 Å². The smallest absolute Gasteiger partial charge is 0.239 e. The quantitative estimate of drug-likeness (QED) is 0.225. The second kappa shape index (κ2) is 14.8. The summed E-state index contributed by atoms with van der Waals surface area (Å²) in [6.07, 6.45) is 8.73. The van der Waals surface area contributed by atoms with Gasteiger partial charge in [-0.3, -0.25) is 19.2 Å². The Morgan fingerprint density at radius 2 is 1.71 bits per heavy atom. The fourth-order valence-electron chi connectivity index (χ4n) is 6.63. The van der Waals surface area contributed by atoms with E-state index in [1.807, 2.05) is 6.07 Å². The SMILES string of the molecule is CCc1cc(Nc2ncc(Cl)c(Nc3ccc4nccnc4c3N(CC)S(C)(=O)=O)n2)c(OC)nc1N1CCC(N2CCN(C)CC2)CC1. The number of piperazine rings is 1. The number of benzene rings is 1. The molecular formula is C33H44ClN11O3S. The Morgan fingerprint density at radius 3 is 2.39 bits per heavy atom. The zero-order valence-electron chi connectivity index (χ0n) is 28.6. The third-order valence-electron chi connectivity index (χ3n) is 9.23. The summed E-state index contributed by atoms with van der Waals surface area (Å²) in [5.41, 5.74) is 3.49. The lowest BCUT2D eigenvalue weighted by Crippen LogP contribution is -2.52. The van der Waals surface area contributed by atoms with Gasteiger partial charge in [0.15, 0.2) is 5.82 Å². The lowest BCUT2D eigenvalue weighted by Gasteiger charge is -2.42. The fraction of sp³-hybridized carbons (Fsp3) is 0.485. The first-order chi connectivity index (χ1) is 23.6. The molecular weight excluding hydrogens is 666 g/mol. The summed E-state index contributed by atoms with van der Waals surface area (Å²) in [7, 11) is 0.145. The predicted molar refractivity (Wildman–Crippen MR) is 195 cm³/mol. The Kier molecular flexibility index (Phi) is 10.5. The van der Waals surface area contributed by atoms with Crippen molar-refractivity contribution in [2.75, 3.05) is 86.1 Å². The van der Waals surface area contributed by atoms with Gasteiger partial charge in [-0.25, -0.2) is 13.4 Å². The van der Waals surface area contributed by atoms with Crippen molar-refractivity contribution in [2.45, 2.75) is 39.2 Å². The summed E-state index contributed by atoms with van der Waals surface area (Å²) >= 11 is 6.58. The molecule has 2 aliphatic rings. The van der Waals surface area contributed by atoms with E-state index >= 15 is 0 Å². The topological polar surface area (TPSA) is 145 Å². The van der Waals surface area contributed by atoms with Crippen LogP contribution in [0.15, 0.2) is 36.8 Å². The van der Waals surface area contributed by atoms with Gasteiger partial charge in [0.1, 0.15) is 27.7 Å². The summed E-state index contributed by atoms with van der Waals surface area (Å²) in [6.45, 7) is 10.5. The van der Waals surface area contributed by atoms with Crippen molar-refractivity contribution in [3.8, 4) is 5.88 Å². The van der Waals surface area contributed by atoms with E-state index in [1.54, 1.807) is 32.4 Å². The first-order valence-electron chi connectivity index (χ1n) is 16.6. The number of rotatable bonds is 11. The number of sulfonamides is 1. The number of ether oxygens (including phenoxy) is 1. The number of pyridine rings is 1. The molecule has 0 atom stereocenters.